The van der Waals surface area contributed by atoms with Gasteiger partial charge in [0.05, 0.1) is 0 Å². The Morgan fingerprint density at radius 2 is 2.07 bits per heavy atom. The molecule has 0 aliphatic carbocycles. The SMILES string of the molecule is Cc1nnn(CC(=O)c2ccccc2)n1. The van der Waals surface area contributed by atoms with Crippen LogP contribution in [0.5, 0.6) is 0 Å². The quantitative estimate of drug-likeness (QED) is 0.693. The van der Waals surface area contributed by atoms with Gasteiger partial charge in [0.1, 0.15) is 6.54 Å². The lowest BCUT2D eigenvalue weighted by Crippen LogP contribution is -2.13. The van der Waals surface area contributed by atoms with E-state index in [0.29, 0.717) is 11.4 Å². The third-order valence-corrected chi connectivity index (χ3v) is 1.93. The first-order valence-corrected chi connectivity index (χ1v) is 4.58. The molecule has 5 heteroatoms. The van der Waals surface area contributed by atoms with Crippen LogP contribution in [-0.2, 0) is 6.54 Å². The van der Waals surface area contributed by atoms with Crippen molar-refractivity contribution in [2.45, 2.75) is 13.5 Å². The fourth-order valence-electron chi connectivity index (χ4n) is 1.23. The second kappa shape index (κ2) is 4.00. The minimum Gasteiger partial charge on any atom is -0.292 e. The van der Waals surface area contributed by atoms with Crippen LogP contribution >= 0.6 is 0 Å². The van der Waals surface area contributed by atoms with E-state index in [1.807, 2.05) is 18.2 Å². The Balaban J connectivity index is 2.11. The maximum absolute atomic E-state index is 11.7. The Kier molecular flexibility index (Phi) is 2.53. The third-order valence-electron chi connectivity index (χ3n) is 1.93. The van der Waals surface area contributed by atoms with Gasteiger partial charge in [-0.15, -0.1) is 10.2 Å². The molecule has 0 radical (unpaired) electrons. The molecule has 0 spiro atoms. The predicted molar refractivity (Wildman–Crippen MR) is 53.3 cm³/mol. The number of hydrogen-bond donors (Lipinski definition) is 0. The van der Waals surface area contributed by atoms with E-state index in [1.165, 1.54) is 4.80 Å². The van der Waals surface area contributed by atoms with E-state index in [4.69, 9.17) is 0 Å². The Morgan fingerprint density at radius 1 is 1.33 bits per heavy atom. The van der Waals surface area contributed by atoms with Gasteiger partial charge in [-0.05, 0) is 12.1 Å². The summed E-state index contributed by atoms with van der Waals surface area (Å²) in [6, 6.07) is 9.06. The molecule has 1 aromatic heterocycles. The van der Waals surface area contributed by atoms with Gasteiger partial charge < -0.3 is 0 Å². The first kappa shape index (κ1) is 9.51. The number of tetrazole rings is 1. The first-order valence-electron chi connectivity index (χ1n) is 4.58. The Morgan fingerprint density at radius 3 is 2.67 bits per heavy atom. The summed E-state index contributed by atoms with van der Waals surface area (Å²) in [7, 11) is 0. The summed E-state index contributed by atoms with van der Waals surface area (Å²) in [4.78, 5) is 13.0. The van der Waals surface area contributed by atoms with Crippen molar-refractivity contribution in [1.29, 1.82) is 0 Å². The zero-order chi connectivity index (χ0) is 10.7. The van der Waals surface area contributed by atoms with Crippen LogP contribution in [0.25, 0.3) is 0 Å². The molecule has 0 aliphatic heterocycles. The van der Waals surface area contributed by atoms with Crippen molar-refractivity contribution in [3.8, 4) is 0 Å². The molecule has 1 aromatic carbocycles. The van der Waals surface area contributed by atoms with Crippen molar-refractivity contribution >= 4 is 5.78 Å². The van der Waals surface area contributed by atoms with Gasteiger partial charge in [0.25, 0.3) is 0 Å². The smallest absolute Gasteiger partial charge is 0.186 e. The van der Waals surface area contributed by atoms with Crippen molar-refractivity contribution in [1.82, 2.24) is 20.2 Å². The molecule has 1 heterocycles. The second-order valence-electron chi connectivity index (χ2n) is 3.16. The van der Waals surface area contributed by atoms with Crippen molar-refractivity contribution < 1.29 is 4.79 Å². The van der Waals surface area contributed by atoms with Crippen molar-refractivity contribution in [3.63, 3.8) is 0 Å². The number of carbonyl (C=O) groups excluding carboxylic acids is 1. The fraction of sp³-hybridized carbons (Fsp3) is 0.200. The van der Waals surface area contributed by atoms with Crippen LogP contribution in [0.3, 0.4) is 0 Å². The molecule has 0 saturated carbocycles. The molecular weight excluding hydrogens is 192 g/mol. The summed E-state index contributed by atoms with van der Waals surface area (Å²) in [6.07, 6.45) is 0. The van der Waals surface area contributed by atoms with Gasteiger partial charge >= 0.3 is 0 Å². The molecule has 2 rings (SSSR count). The predicted octanol–water partition coefficient (Wildman–Crippen LogP) is 0.864. The van der Waals surface area contributed by atoms with Gasteiger partial charge in [0.2, 0.25) is 0 Å². The van der Waals surface area contributed by atoms with Crippen molar-refractivity contribution in [2.75, 3.05) is 0 Å². The topological polar surface area (TPSA) is 60.7 Å². The molecule has 15 heavy (non-hydrogen) atoms. The standard InChI is InChI=1S/C10H10N4O/c1-8-11-13-14(12-8)7-10(15)9-5-3-2-4-6-9/h2-6H,7H2,1H3. The molecule has 0 aliphatic rings. The average molecular weight is 202 g/mol. The number of carbonyl (C=O) groups is 1. The second-order valence-corrected chi connectivity index (χ2v) is 3.16. The van der Waals surface area contributed by atoms with E-state index in [2.05, 4.69) is 15.4 Å². The van der Waals surface area contributed by atoms with Crippen LogP contribution in [0.1, 0.15) is 16.2 Å². The van der Waals surface area contributed by atoms with E-state index in [-0.39, 0.29) is 12.3 Å². The van der Waals surface area contributed by atoms with Crippen LogP contribution in [0, 0.1) is 6.92 Å². The maximum atomic E-state index is 11.7. The van der Waals surface area contributed by atoms with Gasteiger partial charge in [-0.25, -0.2) is 0 Å². The summed E-state index contributed by atoms with van der Waals surface area (Å²) in [5.41, 5.74) is 0.660. The summed E-state index contributed by atoms with van der Waals surface area (Å²) in [5.74, 6) is 0.545. The first-order chi connectivity index (χ1) is 7.25. The molecule has 0 N–H and O–H groups in total. The minimum absolute atomic E-state index is 0.0204. The summed E-state index contributed by atoms with van der Waals surface area (Å²) >= 11 is 0. The molecule has 0 unspecified atom stereocenters. The average Bonchev–Trinajstić information content (AvgIpc) is 2.65. The highest BCUT2D eigenvalue weighted by molar-refractivity contribution is 5.95. The van der Waals surface area contributed by atoms with E-state index in [9.17, 15) is 4.79 Å². The monoisotopic (exact) mass is 202 g/mol. The van der Waals surface area contributed by atoms with Crippen LogP contribution in [0.2, 0.25) is 0 Å². The Bertz CT molecular complexity index is 463. The van der Waals surface area contributed by atoms with Gasteiger partial charge in [0, 0.05) is 5.56 Å². The van der Waals surface area contributed by atoms with Crippen molar-refractivity contribution in [3.05, 3.63) is 41.7 Å². The maximum Gasteiger partial charge on any atom is 0.186 e. The van der Waals surface area contributed by atoms with Gasteiger partial charge in [-0.3, -0.25) is 4.79 Å². The fourth-order valence-corrected chi connectivity index (χ4v) is 1.23. The van der Waals surface area contributed by atoms with Crippen molar-refractivity contribution in [2.24, 2.45) is 0 Å². The van der Waals surface area contributed by atoms with Gasteiger partial charge in [0.15, 0.2) is 11.6 Å². The van der Waals surface area contributed by atoms with E-state index in [1.54, 1.807) is 19.1 Å². The van der Waals surface area contributed by atoms with Gasteiger partial charge in [-0.1, -0.05) is 30.3 Å². The number of nitrogens with zero attached hydrogens (tertiary/aromatic N) is 4. The molecule has 76 valence electrons. The number of hydrogen-bond acceptors (Lipinski definition) is 4. The lowest BCUT2D eigenvalue weighted by atomic mass is 10.1. The highest BCUT2D eigenvalue weighted by Gasteiger charge is 2.07. The number of benzene rings is 1. The minimum atomic E-state index is -0.0204. The van der Waals surface area contributed by atoms with E-state index in [0.717, 1.165) is 0 Å². The molecule has 0 saturated heterocycles. The number of ketones is 1. The summed E-state index contributed by atoms with van der Waals surface area (Å²) in [6.45, 7) is 1.86. The van der Waals surface area contributed by atoms with E-state index < -0.39 is 0 Å². The van der Waals surface area contributed by atoms with Crippen LogP contribution in [-0.4, -0.2) is 26.0 Å². The molecule has 0 amide bonds. The van der Waals surface area contributed by atoms with Crippen LogP contribution < -0.4 is 0 Å². The molecule has 0 bridgehead atoms. The highest BCUT2D eigenvalue weighted by atomic mass is 16.1. The highest BCUT2D eigenvalue weighted by Crippen LogP contribution is 2.00. The lowest BCUT2D eigenvalue weighted by molar-refractivity contribution is 0.0961. The third kappa shape index (κ3) is 2.25. The Labute approximate surface area is 86.7 Å². The summed E-state index contributed by atoms with van der Waals surface area (Å²) in [5, 5.41) is 11.4. The molecule has 0 fully saturated rings. The zero-order valence-electron chi connectivity index (χ0n) is 8.29. The number of aryl methyl sites for hydroxylation is 1. The number of Topliss-reactive ketones (excluding diaryl/α,β-unsaturated/α-hetero) is 1. The van der Waals surface area contributed by atoms with Crippen LogP contribution in [0.15, 0.2) is 30.3 Å². The summed E-state index contributed by atoms with van der Waals surface area (Å²) < 4.78 is 0. The normalized spacial score (nSPS) is 10.2. The number of rotatable bonds is 3. The zero-order valence-corrected chi connectivity index (χ0v) is 8.29. The van der Waals surface area contributed by atoms with E-state index >= 15 is 0 Å². The lowest BCUT2D eigenvalue weighted by Gasteiger charge is -1.98. The Hall–Kier alpha value is -2.04. The molecule has 5 nitrogen and oxygen atoms in total. The number of aromatic nitrogens is 4. The molecule has 0 atom stereocenters. The van der Waals surface area contributed by atoms with Gasteiger partial charge in [-0.2, -0.15) is 4.80 Å². The van der Waals surface area contributed by atoms with Crippen LogP contribution in [0.4, 0.5) is 0 Å². The molecule has 2 aromatic rings. The molecular formula is C10H10N4O. The largest absolute Gasteiger partial charge is 0.292 e.